The number of anilines is 2. The van der Waals surface area contributed by atoms with Crippen molar-refractivity contribution >= 4 is 11.8 Å². The molecule has 2 aromatic heterocycles. The molecular weight excluding hydrogens is 292 g/mol. The lowest BCUT2D eigenvalue weighted by Crippen LogP contribution is -2.46. The molecular formula is C16H22N6O. The molecule has 3 heterocycles. The molecule has 1 saturated heterocycles. The number of nitrogens with one attached hydrogen (secondary N) is 1. The number of pyridine rings is 1. The summed E-state index contributed by atoms with van der Waals surface area (Å²) >= 11 is 0. The Hall–Kier alpha value is -2.41. The number of hydrogen-bond acceptors (Lipinski definition) is 6. The second-order valence-corrected chi connectivity index (χ2v) is 5.76. The van der Waals surface area contributed by atoms with E-state index >= 15 is 0 Å². The molecule has 7 heteroatoms. The normalized spacial score (nSPS) is 15.8. The molecule has 0 aliphatic carbocycles. The molecule has 0 amide bonds. The largest absolute Gasteiger partial charge is 0.369 e. The van der Waals surface area contributed by atoms with E-state index in [4.69, 9.17) is 5.73 Å². The van der Waals surface area contributed by atoms with E-state index < -0.39 is 0 Å². The molecule has 1 fully saturated rings. The second kappa shape index (κ2) is 6.78. The molecule has 0 aromatic carbocycles. The van der Waals surface area contributed by atoms with E-state index in [2.05, 4.69) is 43.8 Å². The minimum absolute atomic E-state index is 0.162. The van der Waals surface area contributed by atoms with Crippen LogP contribution in [0, 0.1) is 0 Å². The first-order valence-electron chi connectivity index (χ1n) is 7.92. The summed E-state index contributed by atoms with van der Waals surface area (Å²) in [6.45, 7) is 6.44. The van der Waals surface area contributed by atoms with Crippen molar-refractivity contribution in [3.05, 3.63) is 46.0 Å². The first-order valence-corrected chi connectivity index (χ1v) is 7.92. The fourth-order valence-corrected chi connectivity index (χ4v) is 2.75. The van der Waals surface area contributed by atoms with Crippen molar-refractivity contribution in [2.24, 2.45) is 0 Å². The van der Waals surface area contributed by atoms with Crippen LogP contribution in [0.15, 0.2) is 29.2 Å². The molecule has 122 valence electrons. The second-order valence-electron chi connectivity index (χ2n) is 5.76. The third-order valence-electron chi connectivity index (χ3n) is 4.12. The van der Waals surface area contributed by atoms with E-state index in [9.17, 15) is 4.79 Å². The standard InChI is InChI=1S/C16H22N6O/c1-2-12-3-4-13(18-10-12)11-21-5-7-22(8-6-21)14-9-15(23)20-16(17)19-14/h3-4,9-10H,2,5-8,11H2,1H3,(H3,17,19,20,23). The van der Waals surface area contributed by atoms with Crippen molar-refractivity contribution in [3.63, 3.8) is 0 Å². The number of nitrogens with two attached hydrogens (primary N) is 1. The fraction of sp³-hybridized carbons (Fsp3) is 0.438. The van der Waals surface area contributed by atoms with Crippen LogP contribution in [0.3, 0.4) is 0 Å². The summed E-state index contributed by atoms with van der Waals surface area (Å²) in [7, 11) is 0. The van der Waals surface area contributed by atoms with Gasteiger partial charge in [0.25, 0.3) is 5.56 Å². The molecule has 1 aliphatic heterocycles. The van der Waals surface area contributed by atoms with Crippen LogP contribution < -0.4 is 16.2 Å². The van der Waals surface area contributed by atoms with Crippen LogP contribution in [0.4, 0.5) is 11.8 Å². The molecule has 1 aliphatic rings. The van der Waals surface area contributed by atoms with E-state index in [0.29, 0.717) is 5.82 Å². The quantitative estimate of drug-likeness (QED) is 0.860. The average molecular weight is 314 g/mol. The van der Waals surface area contributed by atoms with Gasteiger partial charge >= 0.3 is 0 Å². The molecule has 2 aromatic rings. The fourth-order valence-electron chi connectivity index (χ4n) is 2.75. The maximum Gasteiger partial charge on any atom is 0.254 e. The smallest absolute Gasteiger partial charge is 0.254 e. The van der Waals surface area contributed by atoms with Gasteiger partial charge in [0, 0.05) is 45.0 Å². The molecule has 0 bridgehead atoms. The van der Waals surface area contributed by atoms with Gasteiger partial charge in [-0.2, -0.15) is 4.98 Å². The van der Waals surface area contributed by atoms with Crippen LogP contribution in [-0.2, 0) is 13.0 Å². The molecule has 7 nitrogen and oxygen atoms in total. The van der Waals surface area contributed by atoms with Gasteiger partial charge in [0.05, 0.1) is 5.69 Å². The van der Waals surface area contributed by atoms with Gasteiger partial charge in [0.15, 0.2) is 0 Å². The summed E-state index contributed by atoms with van der Waals surface area (Å²) in [6.07, 6.45) is 2.97. The summed E-state index contributed by atoms with van der Waals surface area (Å²) < 4.78 is 0. The maximum absolute atomic E-state index is 11.5. The minimum Gasteiger partial charge on any atom is -0.369 e. The van der Waals surface area contributed by atoms with E-state index in [1.165, 1.54) is 11.6 Å². The monoisotopic (exact) mass is 314 g/mol. The molecule has 0 saturated carbocycles. The van der Waals surface area contributed by atoms with Crippen LogP contribution in [-0.4, -0.2) is 46.0 Å². The highest BCUT2D eigenvalue weighted by molar-refractivity contribution is 5.41. The van der Waals surface area contributed by atoms with Gasteiger partial charge in [-0.15, -0.1) is 0 Å². The van der Waals surface area contributed by atoms with Gasteiger partial charge in [-0.1, -0.05) is 13.0 Å². The first kappa shape index (κ1) is 15.5. The minimum atomic E-state index is -0.213. The zero-order valence-corrected chi connectivity index (χ0v) is 13.3. The number of nitrogens with zero attached hydrogens (tertiary/aromatic N) is 4. The molecule has 0 radical (unpaired) electrons. The van der Waals surface area contributed by atoms with Gasteiger partial charge in [0.1, 0.15) is 5.82 Å². The number of nitrogen functional groups attached to an aromatic ring is 1. The highest BCUT2D eigenvalue weighted by Crippen LogP contribution is 2.14. The molecule has 23 heavy (non-hydrogen) atoms. The number of aromatic nitrogens is 3. The van der Waals surface area contributed by atoms with Gasteiger partial charge in [-0.25, -0.2) is 0 Å². The number of hydrogen-bond donors (Lipinski definition) is 2. The lowest BCUT2D eigenvalue weighted by molar-refractivity contribution is 0.246. The number of piperazine rings is 1. The van der Waals surface area contributed by atoms with Crippen molar-refractivity contribution in [2.45, 2.75) is 19.9 Å². The highest BCUT2D eigenvalue weighted by Gasteiger charge is 2.19. The van der Waals surface area contributed by atoms with Crippen molar-refractivity contribution in [2.75, 3.05) is 36.8 Å². The summed E-state index contributed by atoms with van der Waals surface area (Å²) in [6, 6.07) is 5.74. The number of H-pyrrole nitrogens is 1. The summed E-state index contributed by atoms with van der Waals surface area (Å²) in [4.78, 5) is 27.1. The lowest BCUT2D eigenvalue weighted by Gasteiger charge is -2.35. The SMILES string of the molecule is CCc1ccc(CN2CCN(c3cc(=O)[nH]c(N)n3)CC2)nc1. The Morgan fingerprint density at radius 3 is 2.65 bits per heavy atom. The molecule has 3 rings (SSSR count). The van der Waals surface area contributed by atoms with Crippen LogP contribution in [0.5, 0.6) is 0 Å². The summed E-state index contributed by atoms with van der Waals surface area (Å²) in [5.41, 5.74) is 7.75. The Labute approximate surface area is 135 Å². The van der Waals surface area contributed by atoms with Gasteiger partial charge in [-0.05, 0) is 18.1 Å². The van der Waals surface area contributed by atoms with Gasteiger partial charge in [-0.3, -0.25) is 19.7 Å². The zero-order chi connectivity index (χ0) is 16.2. The average Bonchev–Trinajstić information content (AvgIpc) is 2.55. The van der Waals surface area contributed by atoms with E-state index in [1.54, 1.807) is 0 Å². The van der Waals surface area contributed by atoms with Crippen molar-refractivity contribution in [3.8, 4) is 0 Å². The van der Waals surface area contributed by atoms with Gasteiger partial charge < -0.3 is 10.6 Å². The Morgan fingerprint density at radius 1 is 1.26 bits per heavy atom. The number of rotatable bonds is 4. The van der Waals surface area contributed by atoms with E-state index in [0.717, 1.165) is 44.8 Å². The van der Waals surface area contributed by atoms with Crippen molar-refractivity contribution in [1.29, 1.82) is 0 Å². The van der Waals surface area contributed by atoms with Crippen molar-refractivity contribution in [1.82, 2.24) is 19.9 Å². The number of aryl methyl sites for hydroxylation is 1. The summed E-state index contributed by atoms with van der Waals surface area (Å²) in [5.74, 6) is 0.812. The number of aromatic amines is 1. The molecule has 0 atom stereocenters. The van der Waals surface area contributed by atoms with Crippen molar-refractivity contribution < 1.29 is 0 Å². The highest BCUT2D eigenvalue weighted by atomic mass is 16.1. The summed E-state index contributed by atoms with van der Waals surface area (Å²) in [5, 5.41) is 0. The predicted octanol–water partition coefficient (Wildman–Crippen LogP) is 0.632. The third kappa shape index (κ3) is 3.87. The van der Waals surface area contributed by atoms with Crippen LogP contribution in [0.25, 0.3) is 0 Å². The predicted molar refractivity (Wildman–Crippen MR) is 90.4 cm³/mol. The Kier molecular flexibility index (Phi) is 4.57. The lowest BCUT2D eigenvalue weighted by atomic mass is 10.2. The topological polar surface area (TPSA) is 91.1 Å². The molecule has 0 spiro atoms. The van der Waals surface area contributed by atoms with Gasteiger partial charge in [0.2, 0.25) is 5.95 Å². The van der Waals surface area contributed by atoms with Crippen LogP contribution in [0.1, 0.15) is 18.2 Å². The third-order valence-corrected chi connectivity index (χ3v) is 4.12. The van der Waals surface area contributed by atoms with E-state index in [-0.39, 0.29) is 11.5 Å². The molecule has 0 unspecified atom stereocenters. The zero-order valence-electron chi connectivity index (χ0n) is 13.3. The first-order chi connectivity index (χ1) is 11.1. The Morgan fingerprint density at radius 2 is 2.04 bits per heavy atom. The van der Waals surface area contributed by atoms with E-state index in [1.807, 2.05) is 6.20 Å². The Bertz CT molecular complexity index is 703. The van der Waals surface area contributed by atoms with Crippen LogP contribution in [0.2, 0.25) is 0 Å². The van der Waals surface area contributed by atoms with Crippen LogP contribution >= 0.6 is 0 Å². The maximum atomic E-state index is 11.5. The Balaban J connectivity index is 1.58. The molecule has 3 N–H and O–H groups in total.